The number of carbonyl (C=O) groups is 1. The highest BCUT2D eigenvalue weighted by Crippen LogP contribution is 2.25. The molecular weight excluding hydrogens is 436 g/mol. The summed E-state index contributed by atoms with van der Waals surface area (Å²) in [5, 5.41) is 0. The van der Waals surface area contributed by atoms with Crippen molar-refractivity contribution in [2.75, 3.05) is 0 Å². The molecule has 1 aromatic carbocycles. The summed E-state index contributed by atoms with van der Waals surface area (Å²) in [6, 6.07) is 7.72. The molecule has 2 N–H and O–H groups in total. The minimum absolute atomic E-state index is 0.0785. The van der Waals surface area contributed by atoms with Crippen LogP contribution in [0.2, 0.25) is 0 Å². The van der Waals surface area contributed by atoms with E-state index in [1.165, 1.54) is 22.9 Å². The van der Waals surface area contributed by atoms with Crippen molar-refractivity contribution in [2.24, 2.45) is 5.73 Å². The second-order valence-electron chi connectivity index (χ2n) is 5.89. The number of primary amides is 1. The second-order valence-corrected chi connectivity index (χ2v) is 6.69. The largest absolute Gasteiger partial charge is 0.487 e. The summed E-state index contributed by atoms with van der Waals surface area (Å²) < 4.78 is 33.8. The molecule has 0 aliphatic carbocycles. The van der Waals surface area contributed by atoms with E-state index in [1.54, 1.807) is 19.1 Å². The number of aryl methyl sites for hydroxylation is 1. The van der Waals surface area contributed by atoms with Gasteiger partial charge in [0.05, 0.1) is 11.9 Å². The van der Waals surface area contributed by atoms with Crippen LogP contribution in [0, 0.1) is 18.6 Å². The van der Waals surface area contributed by atoms with Crippen molar-refractivity contribution in [3.8, 4) is 11.4 Å². The van der Waals surface area contributed by atoms with E-state index in [4.69, 9.17) is 10.5 Å². The molecular formula is C19H14BrF2N3O3. The van der Waals surface area contributed by atoms with Crippen LogP contribution in [0.15, 0.2) is 51.9 Å². The number of amides is 1. The first kappa shape index (κ1) is 19.7. The van der Waals surface area contributed by atoms with E-state index in [9.17, 15) is 18.4 Å². The first-order chi connectivity index (χ1) is 13.3. The molecule has 6 nitrogen and oxygen atoms in total. The Morgan fingerprint density at radius 2 is 2.00 bits per heavy atom. The van der Waals surface area contributed by atoms with Crippen molar-refractivity contribution in [2.45, 2.75) is 13.5 Å². The molecule has 0 atom stereocenters. The summed E-state index contributed by atoms with van der Waals surface area (Å²) >= 11 is 3.20. The Morgan fingerprint density at radius 1 is 1.25 bits per heavy atom. The molecule has 0 aliphatic rings. The van der Waals surface area contributed by atoms with Gasteiger partial charge in [-0.15, -0.1) is 0 Å². The molecule has 0 unspecified atom stereocenters. The maximum Gasteiger partial charge on any atom is 0.273 e. The van der Waals surface area contributed by atoms with Gasteiger partial charge in [-0.3, -0.25) is 14.2 Å². The molecule has 0 saturated heterocycles. The zero-order valence-corrected chi connectivity index (χ0v) is 16.2. The quantitative estimate of drug-likeness (QED) is 0.647. The Bertz CT molecular complexity index is 1110. The smallest absolute Gasteiger partial charge is 0.273 e. The number of halogens is 3. The fraction of sp³-hybridized carbons (Fsp3) is 0.105. The van der Waals surface area contributed by atoms with E-state index in [1.807, 2.05) is 0 Å². The Balaban J connectivity index is 1.91. The number of carbonyl (C=O) groups excluding carboxylic acids is 1. The molecule has 3 rings (SSSR count). The molecule has 144 valence electrons. The Kier molecular flexibility index (Phi) is 5.55. The summed E-state index contributed by atoms with van der Waals surface area (Å²) in [7, 11) is 0. The van der Waals surface area contributed by atoms with Crippen LogP contribution in [-0.4, -0.2) is 15.5 Å². The lowest BCUT2D eigenvalue weighted by molar-refractivity contribution is 0.0995. The molecule has 1 amide bonds. The maximum absolute atomic E-state index is 13.7. The molecule has 2 aromatic heterocycles. The summed E-state index contributed by atoms with van der Waals surface area (Å²) in [6.07, 6.45) is 1.36. The third-order valence-electron chi connectivity index (χ3n) is 3.96. The third kappa shape index (κ3) is 3.94. The van der Waals surface area contributed by atoms with E-state index in [2.05, 4.69) is 20.9 Å². The fourth-order valence-electron chi connectivity index (χ4n) is 2.57. The van der Waals surface area contributed by atoms with Crippen LogP contribution in [0.25, 0.3) is 5.69 Å². The Hall–Kier alpha value is -3.07. The minimum atomic E-state index is -0.734. The Morgan fingerprint density at radius 3 is 2.61 bits per heavy atom. The van der Waals surface area contributed by atoms with E-state index in [0.29, 0.717) is 11.4 Å². The van der Waals surface area contributed by atoms with Crippen LogP contribution in [-0.2, 0) is 6.61 Å². The third-order valence-corrected chi connectivity index (χ3v) is 4.69. The van der Waals surface area contributed by atoms with Crippen molar-refractivity contribution < 1.29 is 18.3 Å². The first-order valence-corrected chi connectivity index (χ1v) is 8.82. The summed E-state index contributed by atoms with van der Waals surface area (Å²) in [5.74, 6) is -1.88. The highest BCUT2D eigenvalue weighted by atomic mass is 79.9. The lowest BCUT2D eigenvalue weighted by atomic mass is 10.2. The number of nitrogens with two attached hydrogens (primary N) is 1. The van der Waals surface area contributed by atoms with Gasteiger partial charge in [0.25, 0.3) is 11.5 Å². The van der Waals surface area contributed by atoms with Gasteiger partial charge in [0.2, 0.25) is 0 Å². The average molecular weight is 450 g/mol. The van der Waals surface area contributed by atoms with Crippen LogP contribution >= 0.6 is 15.9 Å². The first-order valence-electron chi connectivity index (χ1n) is 8.03. The zero-order valence-electron chi connectivity index (χ0n) is 14.6. The minimum Gasteiger partial charge on any atom is -0.487 e. The van der Waals surface area contributed by atoms with Gasteiger partial charge in [0.15, 0.2) is 0 Å². The van der Waals surface area contributed by atoms with Crippen molar-refractivity contribution in [3.05, 3.63) is 86.0 Å². The standard InChI is InChI=1S/C19H14BrF2N3O3/c1-10-6-16(28-9-11-2-3-12(21)7-14(11)22)17(20)19(27)25(10)13-4-5-15(18(23)26)24-8-13/h2-8H,9H2,1H3,(H2,23,26). The zero-order chi connectivity index (χ0) is 20.4. The van der Waals surface area contributed by atoms with Crippen LogP contribution in [0.1, 0.15) is 21.7 Å². The topological polar surface area (TPSA) is 87.2 Å². The van der Waals surface area contributed by atoms with Crippen molar-refractivity contribution in [3.63, 3.8) is 0 Å². The van der Waals surface area contributed by atoms with Gasteiger partial charge in [-0.25, -0.2) is 13.8 Å². The second kappa shape index (κ2) is 7.89. The number of rotatable bonds is 5. The maximum atomic E-state index is 13.7. The van der Waals surface area contributed by atoms with E-state index in [-0.39, 0.29) is 28.1 Å². The van der Waals surface area contributed by atoms with Crippen molar-refractivity contribution in [1.82, 2.24) is 9.55 Å². The monoisotopic (exact) mass is 449 g/mol. The van der Waals surface area contributed by atoms with Crippen LogP contribution in [0.5, 0.6) is 5.75 Å². The molecule has 0 aliphatic heterocycles. The summed E-state index contributed by atoms with van der Waals surface area (Å²) in [4.78, 5) is 27.8. The lowest BCUT2D eigenvalue weighted by Gasteiger charge is -2.14. The van der Waals surface area contributed by atoms with Gasteiger partial charge >= 0.3 is 0 Å². The van der Waals surface area contributed by atoms with Crippen molar-refractivity contribution in [1.29, 1.82) is 0 Å². The molecule has 0 saturated carbocycles. The molecule has 9 heteroatoms. The summed E-state index contributed by atoms with van der Waals surface area (Å²) in [6.45, 7) is 1.50. The summed E-state index contributed by atoms with van der Waals surface area (Å²) in [5.41, 5.74) is 5.93. The van der Waals surface area contributed by atoms with Gasteiger partial charge in [0.1, 0.15) is 34.2 Å². The fourth-order valence-corrected chi connectivity index (χ4v) is 2.97. The molecule has 0 radical (unpaired) electrons. The van der Waals surface area contributed by atoms with Gasteiger partial charge < -0.3 is 10.5 Å². The van der Waals surface area contributed by atoms with Gasteiger partial charge in [-0.1, -0.05) is 0 Å². The molecule has 3 aromatic rings. The molecule has 28 heavy (non-hydrogen) atoms. The van der Waals surface area contributed by atoms with E-state index >= 15 is 0 Å². The Labute approximate surface area is 166 Å². The molecule has 0 bridgehead atoms. The normalized spacial score (nSPS) is 10.7. The number of nitrogens with zero attached hydrogens (tertiary/aromatic N) is 2. The molecule has 0 spiro atoms. The van der Waals surface area contributed by atoms with Crippen LogP contribution in [0.4, 0.5) is 8.78 Å². The number of ether oxygens (including phenoxy) is 1. The number of aromatic nitrogens is 2. The van der Waals surface area contributed by atoms with Gasteiger partial charge in [-0.05, 0) is 47.1 Å². The highest BCUT2D eigenvalue weighted by molar-refractivity contribution is 9.10. The SMILES string of the molecule is Cc1cc(OCc2ccc(F)cc2F)c(Br)c(=O)n1-c1ccc(C(N)=O)nc1. The number of pyridine rings is 2. The predicted molar refractivity (Wildman–Crippen MR) is 101 cm³/mol. The molecule has 0 fully saturated rings. The number of benzene rings is 1. The van der Waals surface area contributed by atoms with E-state index < -0.39 is 23.1 Å². The highest BCUT2D eigenvalue weighted by Gasteiger charge is 2.15. The van der Waals surface area contributed by atoms with Crippen molar-refractivity contribution >= 4 is 21.8 Å². The van der Waals surface area contributed by atoms with Gasteiger partial charge in [0, 0.05) is 23.4 Å². The average Bonchev–Trinajstić information content (AvgIpc) is 2.65. The lowest BCUT2D eigenvalue weighted by Crippen LogP contribution is -2.22. The number of hydrogen-bond donors (Lipinski definition) is 1. The molecule has 2 heterocycles. The van der Waals surface area contributed by atoms with Crippen LogP contribution in [0.3, 0.4) is 0 Å². The van der Waals surface area contributed by atoms with Gasteiger partial charge in [-0.2, -0.15) is 0 Å². The predicted octanol–water partition coefficient (Wildman–Crippen LogP) is 3.26. The van der Waals surface area contributed by atoms with Crippen LogP contribution < -0.4 is 16.0 Å². The van der Waals surface area contributed by atoms with E-state index in [0.717, 1.165) is 12.1 Å². The number of hydrogen-bond acceptors (Lipinski definition) is 4.